The van der Waals surface area contributed by atoms with Crippen molar-refractivity contribution in [3.8, 4) is 11.1 Å². The lowest BCUT2D eigenvalue weighted by atomic mass is 9.98. The van der Waals surface area contributed by atoms with Gasteiger partial charge in [-0.1, -0.05) is 105 Å². The van der Waals surface area contributed by atoms with E-state index in [1.807, 2.05) is 6.07 Å². The number of unbranched alkanes of at least 4 members (excludes halogenated alkanes) is 4. The van der Waals surface area contributed by atoms with Crippen molar-refractivity contribution in [3.63, 3.8) is 0 Å². The minimum Gasteiger partial charge on any atom is -0.480 e. The monoisotopic (exact) mass is 608 g/mol. The van der Waals surface area contributed by atoms with Gasteiger partial charge in [0.15, 0.2) is 5.78 Å². The number of carbonyl (C=O) groups excluding carboxylic acids is 2. The van der Waals surface area contributed by atoms with E-state index in [9.17, 15) is 23.9 Å². The van der Waals surface area contributed by atoms with E-state index in [1.165, 1.54) is 12.5 Å². The maximum Gasteiger partial charge on any atom is 0.326 e. The summed E-state index contributed by atoms with van der Waals surface area (Å²) < 4.78 is 14.9. The van der Waals surface area contributed by atoms with Crippen molar-refractivity contribution in [1.82, 2.24) is 4.90 Å². The molecular formula is C38H41FN2O4. The number of amides is 1. The lowest BCUT2D eigenvalue weighted by Crippen LogP contribution is -2.32. The molecule has 0 fully saturated rings. The summed E-state index contributed by atoms with van der Waals surface area (Å²) >= 11 is 0. The fourth-order valence-corrected chi connectivity index (χ4v) is 5.32. The molecule has 4 rings (SSSR count). The SMILES string of the molecule is CCCCCCCC(=O)N(C)Cc1ccc(F)c(-c2ccc(C[C@H](Nc3ccccc3C(=O)c3ccccc3)C(=O)O)cc2)c1. The molecule has 4 aromatic rings. The lowest BCUT2D eigenvalue weighted by Gasteiger charge is -2.19. The summed E-state index contributed by atoms with van der Waals surface area (Å²) in [5.74, 6) is -1.55. The number of para-hydroxylation sites is 1. The smallest absolute Gasteiger partial charge is 0.326 e. The van der Waals surface area contributed by atoms with E-state index >= 15 is 0 Å². The van der Waals surface area contributed by atoms with E-state index in [1.54, 1.807) is 96.9 Å². The molecule has 0 aliphatic carbocycles. The quantitative estimate of drug-likeness (QED) is 0.0990. The second-order valence-electron chi connectivity index (χ2n) is 11.4. The highest BCUT2D eigenvalue weighted by molar-refractivity contribution is 6.12. The van der Waals surface area contributed by atoms with Crippen molar-refractivity contribution < 1.29 is 23.9 Å². The van der Waals surface area contributed by atoms with Gasteiger partial charge in [-0.05, 0) is 47.4 Å². The number of halogens is 1. The number of carbonyl (C=O) groups is 3. The number of hydrogen-bond acceptors (Lipinski definition) is 4. The second kappa shape index (κ2) is 16.3. The van der Waals surface area contributed by atoms with Crippen LogP contribution in [0, 0.1) is 5.82 Å². The fourth-order valence-electron chi connectivity index (χ4n) is 5.32. The second-order valence-corrected chi connectivity index (χ2v) is 11.4. The van der Waals surface area contributed by atoms with Gasteiger partial charge in [0, 0.05) is 48.8 Å². The number of nitrogens with one attached hydrogen (secondary N) is 1. The Balaban J connectivity index is 1.43. The summed E-state index contributed by atoms with van der Waals surface area (Å²) in [6.07, 6.45) is 6.08. The van der Waals surface area contributed by atoms with Crippen LogP contribution in [0.2, 0.25) is 0 Å². The van der Waals surface area contributed by atoms with E-state index in [0.717, 1.165) is 36.8 Å². The number of ketones is 1. The lowest BCUT2D eigenvalue weighted by molar-refractivity contribution is -0.138. The van der Waals surface area contributed by atoms with E-state index in [2.05, 4.69) is 12.2 Å². The first-order valence-corrected chi connectivity index (χ1v) is 15.6. The van der Waals surface area contributed by atoms with Crippen LogP contribution in [0.4, 0.5) is 10.1 Å². The van der Waals surface area contributed by atoms with Gasteiger partial charge in [0.1, 0.15) is 11.9 Å². The molecule has 0 saturated heterocycles. The molecule has 45 heavy (non-hydrogen) atoms. The molecule has 2 N–H and O–H groups in total. The Labute approximate surface area is 264 Å². The molecule has 0 heterocycles. The van der Waals surface area contributed by atoms with Gasteiger partial charge >= 0.3 is 5.97 Å². The highest BCUT2D eigenvalue weighted by Gasteiger charge is 2.21. The van der Waals surface area contributed by atoms with E-state index in [-0.39, 0.29) is 23.9 Å². The van der Waals surface area contributed by atoms with E-state index in [4.69, 9.17) is 0 Å². The molecular weight excluding hydrogens is 567 g/mol. The van der Waals surface area contributed by atoms with Gasteiger partial charge in [0.25, 0.3) is 0 Å². The average molecular weight is 609 g/mol. The molecule has 1 amide bonds. The van der Waals surface area contributed by atoms with Crippen LogP contribution < -0.4 is 5.32 Å². The number of carboxylic acid groups (broad SMARTS) is 1. The number of carboxylic acids is 1. The van der Waals surface area contributed by atoms with Crippen molar-refractivity contribution in [2.75, 3.05) is 12.4 Å². The highest BCUT2D eigenvalue weighted by Crippen LogP contribution is 2.26. The van der Waals surface area contributed by atoms with Gasteiger partial charge in [-0.3, -0.25) is 9.59 Å². The van der Waals surface area contributed by atoms with Crippen molar-refractivity contribution in [2.45, 2.75) is 64.5 Å². The predicted molar refractivity (Wildman–Crippen MR) is 177 cm³/mol. The Morgan fingerprint density at radius 2 is 1.49 bits per heavy atom. The third-order valence-electron chi connectivity index (χ3n) is 7.91. The molecule has 6 nitrogen and oxygen atoms in total. The Morgan fingerprint density at radius 3 is 2.20 bits per heavy atom. The molecule has 0 aliphatic heterocycles. The number of anilines is 1. The summed E-state index contributed by atoms with van der Waals surface area (Å²) in [6.45, 7) is 2.55. The maximum atomic E-state index is 14.9. The summed E-state index contributed by atoms with van der Waals surface area (Å²) in [5.41, 5.74) is 3.99. The van der Waals surface area contributed by atoms with E-state index < -0.39 is 12.0 Å². The zero-order valence-corrected chi connectivity index (χ0v) is 26.0. The van der Waals surface area contributed by atoms with Crippen LogP contribution in [0.1, 0.15) is 72.5 Å². The zero-order chi connectivity index (χ0) is 32.2. The van der Waals surface area contributed by atoms with E-state index in [0.29, 0.717) is 40.9 Å². The first-order chi connectivity index (χ1) is 21.8. The Bertz CT molecular complexity index is 1590. The summed E-state index contributed by atoms with van der Waals surface area (Å²) in [7, 11) is 1.77. The van der Waals surface area contributed by atoms with Crippen molar-refractivity contribution >= 4 is 23.3 Å². The third-order valence-corrected chi connectivity index (χ3v) is 7.91. The van der Waals surface area contributed by atoms with Gasteiger partial charge in [-0.25, -0.2) is 9.18 Å². The summed E-state index contributed by atoms with van der Waals surface area (Å²) in [4.78, 5) is 39.7. The first kappa shape index (κ1) is 33.1. The normalized spacial score (nSPS) is 11.5. The van der Waals surface area contributed by atoms with Crippen LogP contribution in [0.15, 0.2) is 97.1 Å². The van der Waals surface area contributed by atoms with Crippen LogP contribution in [-0.2, 0) is 22.6 Å². The average Bonchev–Trinajstić information content (AvgIpc) is 3.05. The number of nitrogens with zero attached hydrogens (tertiary/aromatic N) is 1. The van der Waals surface area contributed by atoms with Crippen molar-refractivity contribution in [2.24, 2.45) is 0 Å². The van der Waals surface area contributed by atoms with Gasteiger partial charge in [0.2, 0.25) is 5.91 Å². The molecule has 234 valence electrons. The van der Waals surface area contributed by atoms with Crippen LogP contribution >= 0.6 is 0 Å². The minimum absolute atomic E-state index is 0.0791. The topological polar surface area (TPSA) is 86.7 Å². The van der Waals surface area contributed by atoms with Crippen molar-refractivity contribution in [3.05, 3.63) is 125 Å². The standard InChI is InChI=1S/C38H41FN2O4/c1-3-4-5-6-10-17-36(42)41(2)26-28-20-23-33(39)32(24-28)29-21-18-27(19-22-29)25-35(38(44)45)40-34-16-12-11-15-31(34)37(43)30-13-8-7-9-14-30/h7-9,11-16,18-24,35,40H,3-6,10,17,25-26H2,1-2H3,(H,44,45)/t35-/m0/s1. The van der Waals surface area contributed by atoms with Gasteiger partial charge in [0.05, 0.1) is 0 Å². The Kier molecular flexibility index (Phi) is 12.0. The van der Waals surface area contributed by atoms with Crippen LogP contribution in [0.5, 0.6) is 0 Å². The predicted octanol–water partition coefficient (Wildman–Crippen LogP) is 8.15. The molecule has 0 bridgehead atoms. The molecule has 0 aliphatic rings. The number of aliphatic carboxylic acids is 1. The van der Waals surface area contributed by atoms with Crippen molar-refractivity contribution in [1.29, 1.82) is 0 Å². The molecule has 0 spiro atoms. The van der Waals surface area contributed by atoms with Crippen LogP contribution in [0.25, 0.3) is 11.1 Å². The van der Waals surface area contributed by atoms with Gasteiger partial charge in [-0.15, -0.1) is 0 Å². The van der Waals surface area contributed by atoms with Crippen LogP contribution in [0.3, 0.4) is 0 Å². The summed E-state index contributed by atoms with van der Waals surface area (Å²) in [6, 6.07) is 26.7. The molecule has 1 atom stereocenters. The third kappa shape index (κ3) is 9.35. The first-order valence-electron chi connectivity index (χ1n) is 15.6. The molecule has 0 aromatic heterocycles. The van der Waals surface area contributed by atoms with Gasteiger partial charge in [-0.2, -0.15) is 0 Å². The van der Waals surface area contributed by atoms with Crippen LogP contribution in [-0.4, -0.2) is 40.8 Å². The summed E-state index contributed by atoms with van der Waals surface area (Å²) in [5, 5.41) is 13.1. The Morgan fingerprint density at radius 1 is 0.822 bits per heavy atom. The number of rotatable bonds is 16. The molecule has 0 saturated carbocycles. The maximum absolute atomic E-state index is 14.9. The largest absolute Gasteiger partial charge is 0.480 e. The molecule has 4 aromatic carbocycles. The Hall–Kier alpha value is -4.78. The fraction of sp³-hybridized carbons (Fsp3) is 0.289. The molecule has 7 heteroatoms. The number of hydrogen-bond donors (Lipinski definition) is 2. The van der Waals surface area contributed by atoms with Gasteiger partial charge < -0.3 is 15.3 Å². The molecule has 0 unspecified atom stereocenters. The highest BCUT2D eigenvalue weighted by atomic mass is 19.1. The number of benzene rings is 4. The minimum atomic E-state index is -1.06. The molecule has 0 radical (unpaired) electrons. The zero-order valence-electron chi connectivity index (χ0n) is 26.0.